The maximum absolute atomic E-state index is 13.0. The summed E-state index contributed by atoms with van der Waals surface area (Å²) >= 11 is 0. The summed E-state index contributed by atoms with van der Waals surface area (Å²) in [6.45, 7) is 2.02. The van der Waals surface area contributed by atoms with Gasteiger partial charge in [0, 0.05) is 11.8 Å². The Kier molecular flexibility index (Phi) is 6.18. The highest BCUT2D eigenvalue weighted by molar-refractivity contribution is 6.04. The van der Waals surface area contributed by atoms with Gasteiger partial charge in [0.15, 0.2) is 11.6 Å². The smallest absolute Gasteiger partial charge is 0.164 e. The number of hydrogen-bond acceptors (Lipinski definition) is 2. The molecule has 0 N–H and O–H groups in total. The molecule has 2 aromatic carbocycles. The van der Waals surface area contributed by atoms with Crippen LogP contribution in [-0.2, 0) is 9.59 Å². The van der Waals surface area contributed by atoms with Crippen LogP contribution in [0.1, 0.15) is 50.2 Å². The quantitative estimate of drug-likeness (QED) is 0.603. The molecule has 2 aromatic rings. The van der Waals surface area contributed by atoms with Crippen molar-refractivity contribution < 1.29 is 9.59 Å². The molecular weight excluding hydrogens is 332 g/mol. The number of rotatable bonds is 6. The SMILES string of the molecule is CC1(CCC(=O)C=Cc2ccccc2)CCCC(=Cc2ccccc2)C1=O. The molecule has 0 spiro atoms. The Morgan fingerprint density at radius 3 is 2.30 bits per heavy atom. The number of benzene rings is 2. The molecule has 0 radical (unpaired) electrons. The summed E-state index contributed by atoms with van der Waals surface area (Å²) in [5.41, 5.74) is 2.53. The van der Waals surface area contributed by atoms with E-state index in [0.717, 1.165) is 36.0 Å². The highest BCUT2D eigenvalue weighted by atomic mass is 16.1. The highest BCUT2D eigenvalue weighted by Crippen LogP contribution is 2.40. The van der Waals surface area contributed by atoms with E-state index < -0.39 is 5.41 Å². The van der Waals surface area contributed by atoms with Crippen LogP contribution in [0.15, 0.2) is 72.3 Å². The summed E-state index contributed by atoms with van der Waals surface area (Å²) in [5.74, 6) is 0.282. The first kappa shape index (κ1) is 19.0. The van der Waals surface area contributed by atoms with Crippen LogP contribution in [-0.4, -0.2) is 11.6 Å². The van der Waals surface area contributed by atoms with Gasteiger partial charge in [0.05, 0.1) is 0 Å². The van der Waals surface area contributed by atoms with Gasteiger partial charge < -0.3 is 0 Å². The van der Waals surface area contributed by atoms with Crippen molar-refractivity contribution in [3.8, 4) is 0 Å². The van der Waals surface area contributed by atoms with Gasteiger partial charge in [-0.1, -0.05) is 73.7 Å². The van der Waals surface area contributed by atoms with Crippen molar-refractivity contribution in [1.82, 2.24) is 0 Å². The van der Waals surface area contributed by atoms with Crippen LogP contribution >= 0.6 is 0 Å². The van der Waals surface area contributed by atoms with Crippen LogP contribution in [0.25, 0.3) is 12.2 Å². The standard InChI is InChI=1S/C25H26O2/c1-25(18-16-23(26)15-14-20-9-4-2-5-10-20)17-8-13-22(24(25)27)19-21-11-6-3-7-12-21/h2-7,9-12,14-15,19H,8,13,16-18H2,1H3. The minimum Gasteiger partial charge on any atom is -0.295 e. The van der Waals surface area contributed by atoms with Gasteiger partial charge in [0.2, 0.25) is 0 Å². The van der Waals surface area contributed by atoms with Gasteiger partial charge in [-0.05, 0) is 54.5 Å². The fourth-order valence-electron chi connectivity index (χ4n) is 3.65. The van der Waals surface area contributed by atoms with Crippen molar-refractivity contribution in [3.63, 3.8) is 0 Å². The molecule has 0 aliphatic heterocycles. The van der Waals surface area contributed by atoms with E-state index in [9.17, 15) is 9.59 Å². The number of carbonyl (C=O) groups is 2. The van der Waals surface area contributed by atoms with Crippen molar-refractivity contribution in [2.45, 2.75) is 39.0 Å². The fourth-order valence-corrected chi connectivity index (χ4v) is 3.65. The predicted octanol–water partition coefficient (Wildman–Crippen LogP) is 5.89. The summed E-state index contributed by atoms with van der Waals surface area (Å²) in [5, 5.41) is 0. The van der Waals surface area contributed by atoms with Crippen molar-refractivity contribution in [2.24, 2.45) is 5.41 Å². The summed E-state index contributed by atoms with van der Waals surface area (Å²) < 4.78 is 0. The molecule has 1 atom stereocenters. The minimum absolute atomic E-state index is 0.0760. The van der Waals surface area contributed by atoms with E-state index in [2.05, 4.69) is 0 Å². The molecule has 1 aliphatic rings. The van der Waals surface area contributed by atoms with Gasteiger partial charge in [-0.3, -0.25) is 9.59 Å². The summed E-state index contributed by atoms with van der Waals surface area (Å²) in [7, 11) is 0. The first-order valence-corrected chi connectivity index (χ1v) is 9.63. The molecule has 27 heavy (non-hydrogen) atoms. The van der Waals surface area contributed by atoms with Crippen LogP contribution < -0.4 is 0 Å². The predicted molar refractivity (Wildman–Crippen MR) is 111 cm³/mol. The number of carbonyl (C=O) groups excluding carboxylic acids is 2. The van der Waals surface area contributed by atoms with Gasteiger partial charge in [0.25, 0.3) is 0 Å². The van der Waals surface area contributed by atoms with E-state index in [-0.39, 0.29) is 11.6 Å². The summed E-state index contributed by atoms with van der Waals surface area (Å²) in [6.07, 6.45) is 9.17. The largest absolute Gasteiger partial charge is 0.295 e. The van der Waals surface area contributed by atoms with E-state index in [0.29, 0.717) is 12.8 Å². The van der Waals surface area contributed by atoms with Gasteiger partial charge in [-0.25, -0.2) is 0 Å². The zero-order chi connectivity index (χ0) is 19.1. The van der Waals surface area contributed by atoms with E-state index in [4.69, 9.17) is 0 Å². The normalized spacial score (nSPS) is 21.7. The molecule has 3 rings (SSSR count). The van der Waals surface area contributed by atoms with Gasteiger partial charge in [-0.2, -0.15) is 0 Å². The van der Waals surface area contributed by atoms with Crippen LogP contribution in [0.4, 0.5) is 0 Å². The first-order chi connectivity index (χ1) is 13.1. The maximum atomic E-state index is 13.0. The molecule has 1 unspecified atom stereocenters. The van der Waals surface area contributed by atoms with E-state index in [1.807, 2.05) is 79.7 Å². The Morgan fingerprint density at radius 1 is 1.00 bits per heavy atom. The minimum atomic E-state index is -0.435. The van der Waals surface area contributed by atoms with Crippen molar-refractivity contribution >= 4 is 23.7 Å². The lowest BCUT2D eigenvalue weighted by molar-refractivity contribution is -0.126. The molecule has 138 valence electrons. The first-order valence-electron chi connectivity index (χ1n) is 9.63. The Bertz CT molecular complexity index is 846. The van der Waals surface area contributed by atoms with Crippen LogP contribution in [0.3, 0.4) is 0 Å². The molecule has 2 nitrogen and oxygen atoms in total. The van der Waals surface area contributed by atoms with Crippen LogP contribution in [0.2, 0.25) is 0 Å². The van der Waals surface area contributed by atoms with Gasteiger partial charge in [0.1, 0.15) is 0 Å². The molecule has 1 aliphatic carbocycles. The Hall–Kier alpha value is -2.74. The lowest BCUT2D eigenvalue weighted by atomic mass is 9.69. The maximum Gasteiger partial charge on any atom is 0.164 e. The van der Waals surface area contributed by atoms with E-state index >= 15 is 0 Å². The van der Waals surface area contributed by atoms with E-state index in [1.54, 1.807) is 6.08 Å². The Labute approximate surface area is 161 Å². The van der Waals surface area contributed by atoms with Crippen molar-refractivity contribution in [1.29, 1.82) is 0 Å². The second kappa shape index (κ2) is 8.77. The van der Waals surface area contributed by atoms with E-state index in [1.165, 1.54) is 0 Å². The third-order valence-electron chi connectivity index (χ3n) is 5.34. The molecule has 0 aromatic heterocycles. The average molecular weight is 358 g/mol. The number of allylic oxidation sites excluding steroid dienone is 2. The second-order valence-corrected chi connectivity index (χ2v) is 7.53. The molecule has 0 heterocycles. The number of Topliss-reactive ketones (excluding diaryl/α,β-unsaturated/α-hetero) is 1. The zero-order valence-electron chi connectivity index (χ0n) is 15.9. The van der Waals surface area contributed by atoms with Crippen LogP contribution in [0.5, 0.6) is 0 Å². The Balaban J connectivity index is 1.63. The third kappa shape index (κ3) is 5.13. The van der Waals surface area contributed by atoms with Gasteiger partial charge in [-0.15, -0.1) is 0 Å². The third-order valence-corrected chi connectivity index (χ3v) is 5.34. The molecule has 1 fully saturated rings. The highest BCUT2D eigenvalue weighted by Gasteiger charge is 2.37. The molecule has 1 saturated carbocycles. The lowest BCUT2D eigenvalue weighted by Gasteiger charge is -2.33. The molecule has 0 bridgehead atoms. The lowest BCUT2D eigenvalue weighted by Crippen LogP contribution is -2.33. The van der Waals surface area contributed by atoms with Crippen molar-refractivity contribution in [2.75, 3.05) is 0 Å². The summed E-state index contributed by atoms with van der Waals surface area (Å²) in [4.78, 5) is 25.3. The topological polar surface area (TPSA) is 34.1 Å². The number of hydrogen-bond donors (Lipinski definition) is 0. The van der Waals surface area contributed by atoms with Crippen LogP contribution in [0, 0.1) is 5.41 Å². The average Bonchev–Trinajstić information content (AvgIpc) is 2.70. The number of ketones is 2. The molecule has 0 saturated heterocycles. The molecule has 2 heteroatoms. The summed E-state index contributed by atoms with van der Waals surface area (Å²) in [6, 6.07) is 19.8. The van der Waals surface area contributed by atoms with Gasteiger partial charge >= 0.3 is 0 Å². The molecular formula is C25H26O2. The Morgan fingerprint density at radius 2 is 1.63 bits per heavy atom. The fraction of sp³-hybridized carbons (Fsp3) is 0.280. The monoisotopic (exact) mass is 358 g/mol. The second-order valence-electron chi connectivity index (χ2n) is 7.53. The van der Waals surface area contributed by atoms with Crippen molar-refractivity contribution in [3.05, 3.63) is 83.4 Å². The zero-order valence-corrected chi connectivity index (χ0v) is 15.9. The molecule has 0 amide bonds.